The predicted molar refractivity (Wildman–Crippen MR) is 83.1 cm³/mol. The first-order valence-electron chi connectivity index (χ1n) is 6.19. The molecule has 2 N–H and O–H groups in total. The van der Waals surface area contributed by atoms with Crippen LogP contribution in [0.2, 0.25) is 0 Å². The van der Waals surface area contributed by atoms with Crippen molar-refractivity contribution in [2.75, 3.05) is 0 Å². The van der Waals surface area contributed by atoms with Crippen LogP contribution in [0.4, 0.5) is 4.39 Å². The van der Waals surface area contributed by atoms with Gasteiger partial charge in [0.05, 0.1) is 4.47 Å². The maximum absolute atomic E-state index is 13.1. The molecule has 0 aliphatic heterocycles. The third-order valence-corrected chi connectivity index (χ3v) is 3.30. The van der Waals surface area contributed by atoms with Crippen molar-refractivity contribution in [1.29, 1.82) is 0 Å². The molecule has 0 aliphatic rings. The Balaban J connectivity index is 2.06. The Labute approximate surface area is 130 Å². The van der Waals surface area contributed by atoms with E-state index in [9.17, 15) is 9.18 Å². The minimum absolute atomic E-state index is 0.271. The zero-order valence-corrected chi connectivity index (χ0v) is 12.6. The fourth-order valence-corrected chi connectivity index (χ4v) is 2.21. The molecule has 2 aromatic carbocycles. The first kappa shape index (κ1) is 15.3. The van der Waals surface area contributed by atoms with E-state index in [1.165, 1.54) is 18.2 Å². The number of primary amides is 1. The van der Waals surface area contributed by atoms with Crippen LogP contribution in [0.25, 0.3) is 6.08 Å². The summed E-state index contributed by atoms with van der Waals surface area (Å²) in [6.45, 7) is 0.271. The largest absolute Gasteiger partial charge is 0.488 e. The Bertz CT molecular complexity index is 686. The molecular weight excluding hydrogens is 337 g/mol. The molecule has 0 atom stereocenters. The lowest BCUT2D eigenvalue weighted by molar-refractivity contribution is -0.113. The number of carbonyl (C=O) groups excluding carboxylic acids is 1. The number of benzene rings is 2. The van der Waals surface area contributed by atoms with Crippen molar-refractivity contribution in [3.8, 4) is 5.75 Å². The van der Waals surface area contributed by atoms with E-state index in [1.54, 1.807) is 36.4 Å². The van der Waals surface area contributed by atoms with Crippen molar-refractivity contribution in [1.82, 2.24) is 0 Å². The number of halogens is 2. The Morgan fingerprint density at radius 1 is 1.29 bits per heavy atom. The lowest BCUT2D eigenvalue weighted by atomic mass is 10.2. The van der Waals surface area contributed by atoms with E-state index in [4.69, 9.17) is 10.5 Å². The SMILES string of the molecule is NC(=O)/C=C/c1ccc(OCc2cccc(F)c2)c(Br)c1. The lowest BCUT2D eigenvalue weighted by Gasteiger charge is -2.09. The third-order valence-electron chi connectivity index (χ3n) is 2.68. The number of hydrogen-bond acceptors (Lipinski definition) is 2. The molecule has 0 unspecified atom stereocenters. The van der Waals surface area contributed by atoms with Crippen LogP contribution >= 0.6 is 15.9 Å². The molecule has 0 bridgehead atoms. The maximum Gasteiger partial charge on any atom is 0.241 e. The Morgan fingerprint density at radius 2 is 2.10 bits per heavy atom. The van der Waals surface area contributed by atoms with Gasteiger partial charge in [-0.15, -0.1) is 0 Å². The van der Waals surface area contributed by atoms with E-state index >= 15 is 0 Å². The zero-order chi connectivity index (χ0) is 15.2. The molecule has 2 rings (SSSR count). The summed E-state index contributed by atoms with van der Waals surface area (Å²) in [6, 6.07) is 11.6. The highest BCUT2D eigenvalue weighted by atomic mass is 79.9. The summed E-state index contributed by atoms with van der Waals surface area (Å²) in [4.78, 5) is 10.7. The Hall–Kier alpha value is -2.14. The Morgan fingerprint density at radius 3 is 2.76 bits per heavy atom. The average molecular weight is 350 g/mol. The molecule has 1 amide bonds. The van der Waals surface area contributed by atoms with E-state index < -0.39 is 5.91 Å². The molecular formula is C16H13BrFNO2. The zero-order valence-electron chi connectivity index (χ0n) is 11.1. The molecule has 2 aromatic rings. The molecule has 0 fully saturated rings. The Kier molecular flexibility index (Phi) is 5.11. The smallest absolute Gasteiger partial charge is 0.241 e. The van der Waals surface area contributed by atoms with Crippen LogP contribution in [0.15, 0.2) is 53.0 Å². The molecule has 108 valence electrons. The van der Waals surface area contributed by atoms with E-state index in [-0.39, 0.29) is 12.4 Å². The van der Waals surface area contributed by atoms with Gasteiger partial charge >= 0.3 is 0 Å². The molecule has 0 heterocycles. The van der Waals surface area contributed by atoms with Crippen LogP contribution in [0.3, 0.4) is 0 Å². The summed E-state index contributed by atoms with van der Waals surface area (Å²) < 4.78 is 19.4. The van der Waals surface area contributed by atoms with Gasteiger partial charge in [0, 0.05) is 6.08 Å². The van der Waals surface area contributed by atoms with Crippen molar-refractivity contribution in [2.24, 2.45) is 5.73 Å². The summed E-state index contributed by atoms with van der Waals surface area (Å²) in [5.41, 5.74) is 6.61. The van der Waals surface area contributed by atoms with Crippen LogP contribution in [-0.4, -0.2) is 5.91 Å². The van der Waals surface area contributed by atoms with Gasteiger partial charge in [0.2, 0.25) is 5.91 Å². The van der Waals surface area contributed by atoms with Crippen molar-refractivity contribution in [2.45, 2.75) is 6.61 Å². The van der Waals surface area contributed by atoms with Gasteiger partial charge in [-0.1, -0.05) is 18.2 Å². The molecule has 0 spiro atoms. The summed E-state index contributed by atoms with van der Waals surface area (Å²) in [7, 11) is 0. The van der Waals surface area contributed by atoms with E-state index in [2.05, 4.69) is 15.9 Å². The standard InChI is InChI=1S/C16H13BrFNO2/c17-14-9-11(5-7-16(19)20)4-6-15(14)21-10-12-2-1-3-13(18)8-12/h1-9H,10H2,(H2,19,20)/b7-5+. The second-order valence-corrected chi connectivity index (χ2v) is 5.20. The maximum atomic E-state index is 13.1. The molecule has 0 aromatic heterocycles. The number of hydrogen-bond donors (Lipinski definition) is 1. The highest BCUT2D eigenvalue weighted by Gasteiger charge is 2.03. The molecule has 21 heavy (non-hydrogen) atoms. The quantitative estimate of drug-likeness (QED) is 0.837. The first-order chi connectivity index (χ1) is 10.0. The number of rotatable bonds is 5. The summed E-state index contributed by atoms with van der Waals surface area (Å²) in [5, 5.41) is 0. The predicted octanol–water partition coefficient (Wildman–Crippen LogP) is 3.67. The van der Waals surface area contributed by atoms with Gasteiger partial charge in [0.1, 0.15) is 18.2 Å². The highest BCUT2D eigenvalue weighted by Crippen LogP contribution is 2.27. The van der Waals surface area contributed by atoms with Crippen LogP contribution in [0, 0.1) is 5.82 Å². The van der Waals surface area contributed by atoms with E-state index in [0.29, 0.717) is 5.75 Å². The number of nitrogens with two attached hydrogens (primary N) is 1. The normalized spacial score (nSPS) is 10.8. The molecule has 5 heteroatoms. The summed E-state index contributed by atoms with van der Waals surface area (Å²) >= 11 is 3.39. The highest BCUT2D eigenvalue weighted by molar-refractivity contribution is 9.10. The second-order valence-electron chi connectivity index (χ2n) is 4.34. The van der Waals surface area contributed by atoms with Gasteiger partial charge in [-0.05, 0) is 57.4 Å². The van der Waals surface area contributed by atoms with Crippen LogP contribution in [-0.2, 0) is 11.4 Å². The van der Waals surface area contributed by atoms with Gasteiger partial charge in [-0.2, -0.15) is 0 Å². The third kappa shape index (κ3) is 4.72. The molecule has 0 radical (unpaired) electrons. The minimum atomic E-state index is -0.502. The molecule has 0 aliphatic carbocycles. The molecule has 0 saturated heterocycles. The van der Waals surface area contributed by atoms with Crippen molar-refractivity contribution in [3.63, 3.8) is 0 Å². The van der Waals surface area contributed by atoms with Crippen molar-refractivity contribution < 1.29 is 13.9 Å². The number of amides is 1. The van der Waals surface area contributed by atoms with Crippen molar-refractivity contribution >= 4 is 27.9 Å². The number of ether oxygens (including phenoxy) is 1. The van der Waals surface area contributed by atoms with Gasteiger partial charge < -0.3 is 10.5 Å². The van der Waals surface area contributed by atoms with Crippen molar-refractivity contribution in [3.05, 3.63) is 70.0 Å². The summed E-state index contributed by atoms with van der Waals surface area (Å²) in [6.07, 6.45) is 2.90. The first-order valence-corrected chi connectivity index (χ1v) is 6.98. The van der Waals surface area contributed by atoms with Crippen LogP contribution in [0.1, 0.15) is 11.1 Å². The fraction of sp³-hybridized carbons (Fsp3) is 0.0625. The fourth-order valence-electron chi connectivity index (χ4n) is 1.70. The van der Waals surface area contributed by atoms with Crippen LogP contribution in [0.5, 0.6) is 5.75 Å². The minimum Gasteiger partial charge on any atom is -0.488 e. The average Bonchev–Trinajstić information content (AvgIpc) is 2.44. The van der Waals surface area contributed by atoms with Gasteiger partial charge in [0.25, 0.3) is 0 Å². The van der Waals surface area contributed by atoms with Gasteiger partial charge in [-0.25, -0.2) is 4.39 Å². The number of carbonyl (C=O) groups is 1. The van der Waals surface area contributed by atoms with Crippen LogP contribution < -0.4 is 10.5 Å². The van der Waals surface area contributed by atoms with Gasteiger partial charge in [-0.3, -0.25) is 4.79 Å². The molecule has 0 saturated carbocycles. The lowest BCUT2D eigenvalue weighted by Crippen LogP contribution is -2.05. The topological polar surface area (TPSA) is 52.3 Å². The monoisotopic (exact) mass is 349 g/mol. The van der Waals surface area contributed by atoms with E-state index in [0.717, 1.165) is 15.6 Å². The van der Waals surface area contributed by atoms with E-state index in [1.807, 2.05) is 0 Å². The summed E-state index contributed by atoms with van der Waals surface area (Å²) in [5.74, 6) is -0.157. The second kappa shape index (κ2) is 7.04. The molecule has 3 nitrogen and oxygen atoms in total. The van der Waals surface area contributed by atoms with Gasteiger partial charge in [0.15, 0.2) is 0 Å².